The number of benzene rings is 1. The minimum Gasteiger partial charge on any atom is -0.383 e. The Morgan fingerprint density at radius 1 is 1.50 bits per heavy atom. The molecule has 86 valence electrons. The summed E-state index contributed by atoms with van der Waals surface area (Å²) in [7, 11) is 1.67. The van der Waals surface area contributed by atoms with Gasteiger partial charge in [0.2, 0.25) is 5.91 Å². The van der Waals surface area contributed by atoms with Gasteiger partial charge >= 0.3 is 0 Å². The lowest BCUT2D eigenvalue weighted by atomic mass is 10.1. The number of methoxy groups -OCH3 is 1. The second kappa shape index (κ2) is 4.53. The molecule has 1 heterocycles. The van der Waals surface area contributed by atoms with Crippen LogP contribution in [0.15, 0.2) is 18.2 Å². The molecule has 1 aromatic rings. The lowest BCUT2D eigenvalue weighted by Gasteiger charge is -2.30. The molecule has 0 saturated carbocycles. The monoisotopic (exact) mass is 220 g/mol. The standard InChI is InChI=1S/C12H16N2O2/c1-9-3-4-11-10(7-9)13-12(15)8-14(11)5-6-16-2/h3-4,7H,5-6,8H2,1-2H3,(H,13,15). The topological polar surface area (TPSA) is 41.6 Å². The Hall–Kier alpha value is -1.55. The van der Waals surface area contributed by atoms with Crippen molar-refractivity contribution in [1.29, 1.82) is 0 Å². The molecule has 1 aliphatic heterocycles. The van der Waals surface area contributed by atoms with Gasteiger partial charge in [0, 0.05) is 13.7 Å². The fourth-order valence-electron chi connectivity index (χ4n) is 1.87. The van der Waals surface area contributed by atoms with Gasteiger partial charge in [0.05, 0.1) is 24.5 Å². The molecule has 0 atom stereocenters. The average Bonchev–Trinajstić information content (AvgIpc) is 2.25. The highest BCUT2D eigenvalue weighted by atomic mass is 16.5. The van der Waals surface area contributed by atoms with E-state index >= 15 is 0 Å². The van der Waals surface area contributed by atoms with Crippen LogP contribution in [0.5, 0.6) is 0 Å². The number of hydrogen-bond acceptors (Lipinski definition) is 3. The summed E-state index contributed by atoms with van der Waals surface area (Å²) in [5.41, 5.74) is 3.11. The summed E-state index contributed by atoms with van der Waals surface area (Å²) in [5, 5.41) is 2.89. The molecule has 16 heavy (non-hydrogen) atoms. The van der Waals surface area contributed by atoms with Gasteiger partial charge in [0.25, 0.3) is 0 Å². The van der Waals surface area contributed by atoms with E-state index in [4.69, 9.17) is 4.74 Å². The first-order valence-electron chi connectivity index (χ1n) is 5.35. The van der Waals surface area contributed by atoms with E-state index in [9.17, 15) is 4.79 Å². The minimum absolute atomic E-state index is 0.0363. The predicted octanol–water partition coefficient (Wildman–Crippen LogP) is 1.40. The van der Waals surface area contributed by atoms with Crippen LogP contribution in [0.25, 0.3) is 0 Å². The number of ether oxygens (including phenoxy) is 1. The van der Waals surface area contributed by atoms with Gasteiger partial charge in [-0.05, 0) is 24.6 Å². The van der Waals surface area contributed by atoms with E-state index < -0.39 is 0 Å². The summed E-state index contributed by atoms with van der Waals surface area (Å²) in [6, 6.07) is 6.09. The first-order chi connectivity index (χ1) is 7.70. The van der Waals surface area contributed by atoms with Crippen molar-refractivity contribution in [2.24, 2.45) is 0 Å². The van der Waals surface area contributed by atoms with Crippen molar-refractivity contribution in [3.63, 3.8) is 0 Å². The molecule has 0 saturated heterocycles. The number of nitrogens with zero attached hydrogens (tertiary/aromatic N) is 1. The van der Waals surface area contributed by atoms with Crippen LogP contribution in [0.4, 0.5) is 11.4 Å². The largest absolute Gasteiger partial charge is 0.383 e. The third-order valence-corrected chi connectivity index (χ3v) is 2.67. The molecule has 2 rings (SSSR count). The number of carbonyl (C=O) groups is 1. The summed E-state index contributed by atoms with van der Waals surface area (Å²) in [6.45, 7) is 3.78. The van der Waals surface area contributed by atoms with Crippen LogP contribution in [0.3, 0.4) is 0 Å². The molecule has 0 unspecified atom stereocenters. The fraction of sp³-hybridized carbons (Fsp3) is 0.417. The molecule has 0 bridgehead atoms. The second-order valence-corrected chi connectivity index (χ2v) is 3.98. The number of amides is 1. The Morgan fingerprint density at radius 3 is 3.06 bits per heavy atom. The molecule has 1 aliphatic rings. The van der Waals surface area contributed by atoms with E-state index in [0.29, 0.717) is 13.2 Å². The number of anilines is 2. The van der Waals surface area contributed by atoms with Crippen LogP contribution in [0.1, 0.15) is 5.56 Å². The number of carbonyl (C=O) groups excluding carboxylic acids is 1. The van der Waals surface area contributed by atoms with Crippen molar-refractivity contribution in [2.75, 3.05) is 37.0 Å². The Morgan fingerprint density at radius 2 is 2.31 bits per heavy atom. The predicted molar refractivity (Wildman–Crippen MR) is 63.9 cm³/mol. The zero-order valence-corrected chi connectivity index (χ0v) is 9.62. The summed E-state index contributed by atoms with van der Waals surface area (Å²) in [6.07, 6.45) is 0. The summed E-state index contributed by atoms with van der Waals surface area (Å²) in [5.74, 6) is 0.0363. The van der Waals surface area contributed by atoms with Crippen LogP contribution in [0.2, 0.25) is 0 Å². The van der Waals surface area contributed by atoms with Crippen molar-refractivity contribution in [2.45, 2.75) is 6.92 Å². The maximum Gasteiger partial charge on any atom is 0.243 e. The molecule has 0 fully saturated rings. The van der Waals surface area contributed by atoms with E-state index in [1.54, 1.807) is 7.11 Å². The average molecular weight is 220 g/mol. The fourth-order valence-corrected chi connectivity index (χ4v) is 1.87. The zero-order valence-electron chi connectivity index (χ0n) is 9.62. The van der Waals surface area contributed by atoms with Crippen molar-refractivity contribution < 1.29 is 9.53 Å². The van der Waals surface area contributed by atoms with E-state index in [1.807, 2.05) is 24.0 Å². The van der Waals surface area contributed by atoms with Gasteiger partial charge in [0.15, 0.2) is 0 Å². The SMILES string of the molecule is COCCN1CC(=O)Nc2cc(C)ccc21. The Bertz CT molecular complexity index is 404. The minimum atomic E-state index is 0.0363. The third-order valence-electron chi connectivity index (χ3n) is 2.67. The first kappa shape index (κ1) is 11.0. The van der Waals surface area contributed by atoms with Crippen molar-refractivity contribution in [3.8, 4) is 0 Å². The highest BCUT2D eigenvalue weighted by molar-refractivity contribution is 6.01. The van der Waals surface area contributed by atoms with Crippen molar-refractivity contribution in [3.05, 3.63) is 23.8 Å². The molecular weight excluding hydrogens is 204 g/mol. The first-order valence-corrected chi connectivity index (χ1v) is 5.35. The zero-order chi connectivity index (χ0) is 11.5. The Kier molecular flexibility index (Phi) is 3.10. The molecule has 0 radical (unpaired) electrons. The van der Waals surface area contributed by atoms with Gasteiger partial charge in [-0.3, -0.25) is 4.79 Å². The molecule has 0 aliphatic carbocycles. The summed E-state index contributed by atoms with van der Waals surface area (Å²) < 4.78 is 5.05. The van der Waals surface area contributed by atoms with Gasteiger partial charge < -0.3 is 15.0 Å². The maximum atomic E-state index is 11.5. The molecule has 1 N–H and O–H groups in total. The van der Waals surface area contributed by atoms with Gasteiger partial charge in [-0.1, -0.05) is 6.07 Å². The number of nitrogens with one attached hydrogen (secondary N) is 1. The van der Waals surface area contributed by atoms with Crippen LogP contribution in [-0.4, -0.2) is 32.7 Å². The number of rotatable bonds is 3. The lowest BCUT2D eigenvalue weighted by Crippen LogP contribution is -2.39. The number of hydrogen-bond donors (Lipinski definition) is 1. The van der Waals surface area contributed by atoms with Crippen molar-refractivity contribution >= 4 is 17.3 Å². The van der Waals surface area contributed by atoms with Gasteiger partial charge in [0.1, 0.15) is 0 Å². The van der Waals surface area contributed by atoms with Crippen LogP contribution >= 0.6 is 0 Å². The lowest BCUT2D eigenvalue weighted by molar-refractivity contribution is -0.115. The molecular formula is C12H16N2O2. The highest BCUT2D eigenvalue weighted by Crippen LogP contribution is 2.29. The Balaban J connectivity index is 2.27. The van der Waals surface area contributed by atoms with Crippen molar-refractivity contribution in [1.82, 2.24) is 0 Å². The smallest absolute Gasteiger partial charge is 0.243 e. The van der Waals surface area contributed by atoms with Crippen LogP contribution in [-0.2, 0) is 9.53 Å². The second-order valence-electron chi connectivity index (χ2n) is 3.98. The van der Waals surface area contributed by atoms with Gasteiger partial charge in [-0.25, -0.2) is 0 Å². The maximum absolute atomic E-state index is 11.5. The summed E-state index contributed by atoms with van der Waals surface area (Å²) in [4.78, 5) is 13.6. The van der Waals surface area contributed by atoms with Gasteiger partial charge in [-0.2, -0.15) is 0 Å². The normalized spacial score (nSPS) is 14.6. The summed E-state index contributed by atoms with van der Waals surface area (Å²) >= 11 is 0. The third kappa shape index (κ3) is 2.17. The van der Waals surface area contributed by atoms with E-state index in [1.165, 1.54) is 0 Å². The molecule has 0 spiro atoms. The Labute approximate surface area is 95.2 Å². The number of fused-ring (bicyclic) bond motifs is 1. The quantitative estimate of drug-likeness (QED) is 0.837. The molecule has 4 heteroatoms. The molecule has 1 amide bonds. The molecule has 4 nitrogen and oxygen atoms in total. The van der Waals surface area contributed by atoms with Crippen LogP contribution in [0, 0.1) is 6.92 Å². The van der Waals surface area contributed by atoms with E-state index in [2.05, 4.69) is 11.4 Å². The molecule has 1 aromatic carbocycles. The van der Waals surface area contributed by atoms with E-state index in [-0.39, 0.29) is 5.91 Å². The molecule has 0 aromatic heterocycles. The number of aryl methyl sites for hydroxylation is 1. The highest BCUT2D eigenvalue weighted by Gasteiger charge is 2.21. The van der Waals surface area contributed by atoms with Gasteiger partial charge in [-0.15, -0.1) is 0 Å². The van der Waals surface area contributed by atoms with E-state index in [0.717, 1.165) is 23.5 Å². The van der Waals surface area contributed by atoms with Crippen LogP contribution < -0.4 is 10.2 Å².